The summed E-state index contributed by atoms with van der Waals surface area (Å²) in [5, 5.41) is 0. The van der Waals surface area contributed by atoms with Crippen LogP contribution in [0.4, 0.5) is 0 Å². The van der Waals surface area contributed by atoms with Gasteiger partial charge in [0.05, 0.1) is 5.75 Å². The molecule has 3 N–H and O–H groups in total. The van der Waals surface area contributed by atoms with Gasteiger partial charge in [0.25, 0.3) is 0 Å². The molecule has 112 valence electrons. The van der Waals surface area contributed by atoms with E-state index in [1.165, 1.54) is 0 Å². The molecule has 0 aliphatic carbocycles. The lowest BCUT2D eigenvalue weighted by molar-refractivity contribution is 0.556. The SMILES string of the molecule is CSCCC(C)NS(=O)(=O)Cc1ccccc1C(N)=S. The lowest BCUT2D eigenvalue weighted by atomic mass is 10.1. The molecule has 0 bridgehead atoms. The van der Waals surface area contributed by atoms with Crippen molar-refractivity contribution >= 4 is 39.0 Å². The zero-order chi connectivity index (χ0) is 15.2. The van der Waals surface area contributed by atoms with Crippen LogP contribution < -0.4 is 10.5 Å². The number of sulfonamides is 1. The summed E-state index contributed by atoms with van der Waals surface area (Å²) in [4.78, 5) is 0.214. The number of hydrogen-bond acceptors (Lipinski definition) is 4. The first-order valence-corrected chi connectivity index (χ1v) is 9.68. The van der Waals surface area contributed by atoms with E-state index in [9.17, 15) is 8.42 Å². The van der Waals surface area contributed by atoms with Crippen molar-refractivity contribution in [2.75, 3.05) is 12.0 Å². The third-order valence-electron chi connectivity index (χ3n) is 2.76. The van der Waals surface area contributed by atoms with E-state index in [0.717, 1.165) is 12.2 Å². The first kappa shape index (κ1) is 17.4. The summed E-state index contributed by atoms with van der Waals surface area (Å²) in [6.07, 6.45) is 2.80. The Balaban J connectivity index is 2.79. The molecule has 1 aromatic carbocycles. The lowest BCUT2D eigenvalue weighted by Crippen LogP contribution is -2.34. The summed E-state index contributed by atoms with van der Waals surface area (Å²) in [6, 6.07) is 6.97. The number of rotatable bonds is 8. The second-order valence-electron chi connectivity index (χ2n) is 4.58. The third-order valence-corrected chi connectivity index (χ3v) is 5.08. The summed E-state index contributed by atoms with van der Waals surface area (Å²) in [5.74, 6) is 0.817. The molecule has 4 nitrogen and oxygen atoms in total. The molecule has 0 amide bonds. The maximum Gasteiger partial charge on any atom is 0.216 e. The Labute approximate surface area is 130 Å². The van der Waals surface area contributed by atoms with Gasteiger partial charge in [-0.25, -0.2) is 13.1 Å². The highest BCUT2D eigenvalue weighted by molar-refractivity contribution is 7.98. The number of nitrogens with two attached hydrogens (primary N) is 1. The summed E-state index contributed by atoms with van der Waals surface area (Å²) in [7, 11) is -3.39. The Morgan fingerprint density at radius 3 is 2.70 bits per heavy atom. The van der Waals surface area contributed by atoms with Gasteiger partial charge in [0.15, 0.2) is 0 Å². The summed E-state index contributed by atoms with van der Waals surface area (Å²) >= 11 is 6.64. The second kappa shape index (κ2) is 7.97. The summed E-state index contributed by atoms with van der Waals surface area (Å²) < 4.78 is 27.0. The van der Waals surface area contributed by atoms with Crippen molar-refractivity contribution in [3.05, 3.63) is 35.4 Å². The summed E-state index contributed by atoms with van der Waals surface area (Å²) in [5.41, 5.74) is 6.86. The van der Waals surface area contributed by atoms with E-state index >= 15 is 0 Å². The van der Waals surface area contributed by atoms with Crippen LogP contribution in [-0.4, -0.2) is 31.5 Å². The Morgan fingerprint density at radius 1 is 1.45 bits per heavy atom. The Hall–Kier alpha value is -0.630. The highest BCUT2D eigenvalue weighted by Crippen LogP contribution is 2.13. The normalized spacial score (nSPS) is 13.1. The van der Waals surface area contributed by atoms with Crippen LogP contribution in [0.1, 0.15) is 24.5 Å². The van der Waals surface area contributed by atoms with E-state index in [-0.39, 0.29) is 16.8 Å². The zero-order valence-corrected chi connectivity index (χ0v) is 14.1. The maximum absolute atomic E-state index is 12.1. The van der Waals surface area contributed by atoms with Gasteiger partial charge in [0.1, 0.15) is 4.99 Å². The van der Waals surface area contributed by atoms with Crippen molar-refractivity contribution in [1.82, 2.24) is 4.72 Å². The molecule has 0 aliphatic heterocycles. The standard InChI is InChI=1S/C13H20N2O2S3/c1-10(7-8-19-2)15-20(16,17)9-11-5-3-4-6-12(11)13(14)18/h3-6,10,15H,7-9H2,1-2H3,(H2,14,18). The molecule has 1 unspecified atom stereocenters. The van der Waals surface area contributed by atoms with Crippen LogP contribution in [0.15, 0.2) is 24.3 Å². The van der Waals surface area contributed by atoms with Crippen LogP contribution in [0.25, 0.3) is 0 Å². The number of hydrogen-bond donors (Lipinski definition) is 2. The topological polar surface area (TPSA) is 72.2 Å². The molecule has 1 rings (SSSR count). The van der Waals surface area contributed by atoms with Crippen LogP contribution in [0.2, 0.25) is 0 Å². The van der Waals surface area contributed by atoms with Crippen LogP contribution in [0.3, 0.4) is 0 Å². The van der Waals surface area contributed by atoms with Crippen LogP contribution >= 0.6 is 24.0 Å². The van der Waals surface area contributed by atoms with Crippen LogP contribution in [0.5, 0.6) is 0 Å². The number of nitrogens with one attached hydrogen (secondary N) is 1. The average molecular weight is 333 g/mol. The molecule has 1 atom stereocenters. The molecule has 7 heteroatoms. The highest BCUT2D eigenvalue weighted by Gasteiger charge is 2.17. The van der Waals surface area contributed by atoms with E-state index in [2.05, 4.69) is 4.72 Å². The molecule has 0 aliphatic rings. The van der Waals surface area contributed by atoms with E-state index in [0.29, 0.717) is 11.1 Å². The van der Waals surface area contributed by atoms with E-state index in [1.54, 1.807) is 36.0 Å². The molecular weight excluding hydrogens is 312 g/mol. The smallest absolute Gasteiger partial charge is 0.216 e. The quantitative estimate of drug-likeness (QED) is 0.711. The molecule has 0 aromatic heterocycles. The number of thioether (sulfide) groups is 1. The van der Waals surface area contributed by atoms with Gasteiger partial charge in [-0.1, -0.05) is 36.5 Å². The van der Waals surface area contributed by atoms with E-state index < -0.39 is 10.0 Å². The largest absolute Gasteiger partial charge is 0.389 e. The summed E-state index contributed by atoms with van der Waals surface area (Å²) in [6.45, 7) is 1.87. The van der Waals surface area contributed by atoms with Crippen molar-refractivity contribution in [3.63, 3.8) is 0 Å². The molecule has 0 saturated heterocycles. The van der Waals surface area contributed by atoms with Gasteiger partial charge in [-0.05, 0) is 30.9 Å². The predicted octanol–water partition coefficient (Wildman–Crippen LogP) is 1.88. The Bertz CT molecular complexity index is 558. The second-order valence-corrected chi connectivity index (χ2v) is 7.76. The van der Waals surface area contributed by atoms with Crippen molar-refractivity contribution in [2.24, 2.45) is 5.73 Å². The van der Waals surface area contributed by atoms with Gasteiger partial charge in [-0.15, -0.1) is 0 Å². The number of benzene rings is 1. The minimum Gasteiger partial charge on any atom is -0.389 e. The predicted molar refractivity (Wildman–Crippen MR) is 90.5 cm³/mol. The first-order valence-electron chi connectivity index (χ1n) is 6.22. The fraction of sp³-hybridized carbons (Fsp3) is 0.462. The molecule has 0 saturated carbocycles. The van der Waals surface area contributed by atoms with Crippen molar-refractivity contribution in [1.29, 1.82) is 0 Å². The minimum atomic E-state index is -3.39. The minimum absolute atomic E-state index is 0.0792. The maximum atomic E-state index is 12.1. The van der Waals surface area contributed by atoms with Gasteiger partial charge in [-0.2, -0.15) is 11.8 Å². The van der Waals surface area contributed by atoms with Crippen molar-refractivity contribution < 1.29 is 8.42 Å². The average Bonchev–Trinajstić information content (AvgIpc) is 2.35. The molecule has 0 radical (unpaired) electrons. The van der Waals surface area contributed by atoms with Crippen molar-refractivity contribution in [2.45, 2.75) is 25.1 Å². The number of thiocarbonyl (C=S) groups is 1. The van der Waals surface area contributed by atoms with Crippen molar-refractivity contribution in [3.8, 4) is 0 Å². The fourth-order valence-electron chi connectivity index (χ4n) is 1.79. The molecule has 0 spiro atoms. The molecule has 0 heterocycles. The molecule has 0 fully saturated rings. The highest BCUT2D eigenvalue weighted by atomic mass is 32.2. The molecule has 1 aromatic rings. The first-order chi connectivity index (χ1) is 9.35. The van der Waals surface area contributed by atoms with Gasteiger partial charge in [0, 0.05) is 11.6 Å². The lowest BCUT2D eigenvalue weighted by Gasteiger charge is -2.15. The molecular formula is C13H20N2O2S3. The monoisotopic (exact) mass is 332 g/mol. The fourth-order valence-corrected chi connectivity index (χ4v) is 4.06. The third kappa shape index (κ3) is 5.78. The van der Waals surface area contributed by atoms with Crippen LogP contribution in [-0.2, 0) is 15.8 Å². The van der Waals surface area contributed by atoms with Gasteiger partial charge >= 0.3 is 0 Å². The van der Waals surface area contributed by atoms with Crippen LogP contribution in [0, 0.1) is 0 Å². The van der Waals surface area contributed by atoms with E-state index in [1.807, 2.05) is 13.2 Å². The zero-order valence-electron chi connectivity index (χ0n) is 11.6. The van der Waals surface area contributed by atoms with Gasteiger partial charge < -0.3 is 5.73 Å². The Morgan fingerprint density at radius 2 is 2.10 bits per heavy atom. The Kier molecular flexibility index (Phi) is 6.94. The molecule has 20 heavy (non-hydrogen) atoms. The van der Waals surface area contributed by atoms with E-state index in [4.69, 9.17) is 18.0 Å². The van der Waals surface area contributed by atoms with Gasteiger partial charge in [0.2, 0.25) is 10.0 Å². The van der Waals surface area contributed by atoms with Gasteiger partial charge in [-0.3, -0.25) is 0 Å².